The van der Waals surface area contributed by atoms with Crippen LogP contribution in [0.1, 0.15) is 41.0 Å². The van der Waals surface area contributed by atoms with E-state index in [4.69, 9.17) is 5.11 Å². The first-order chi connectivity index (χ1) is 6.72. The van der Waals surface area contributed by atoms with Crippen molar-refractivity contribution in [2.24, 2.45) is 17.3 Å². The minimum Gasteiger partial charge on any atom is -0.396 e. The van der Waals surface area contributed by atoms with Crippen LogP contribution in [0.2, 0.25) is 0 Å². The van der Waals surface area contributed by atoms with Crippen LogP contribution in [0.4, 0.5) is 0 Å². The van der Waals surface area contributed by atoms with E-state index in [1.54, 1.807) is 0 Å². The summed E-state index contributed by atoms with van der Waals surface area (Å²) in [5.41, 5.74) is -0.504. The van der Waals surface area contributed by atoms with Crippen LogP contribution >= 0.6 is 0 Å². The van der Waals surface area contributed by atoms with Crippen LogP contribution in [-0.2, 0) is 0 Å². The van der Waals surface area contributed by atoms with E-state index in [-0.39, 0.29) is 24.5 Å². The van der Waals surface area contributed by atoms with Gasteiger partial charge in [-0.15, -0.1) is 0 Å². The van der Waals surface area contributed by atoms with Gasteiger partial charge in [-0.1, -0.05) is 34.6 Å². The van der Waals surface area contributed by atoms with Crippen molar-refractivity contribution in [3.8, 4) is 0 Å². The molecule has 15 heavy (non-hydrogen) atoms. The molecule has 0 saturated heterocycles. The largest absolute Gasteiger partial charge is 0.396 e. The molecule has 0 aliphatic rings. The molecule has 0 spiro atoms. The van der Waals surface area contributed by atoms with Crippen molar-refractivity contribution in [1.82, 2.24) is 0 Å². The Morgan fingerprint density at radius 2 is 1.53 bits per heavy atom. The van der Waals surface area contributed by atoms with Crippen LogP contribution in [0, 0.1) is 17.3 Å². The van der Waals surface area contributed by atoms with E-state index in [9.17, 15) is 10.2 Å². The molecule has 3 unspecified atom stereocenters. The van der Waals surface area contributed by atoms with Crippen LogP contribution in [0.15, 0.2) is 0 Å². The Morgan fingerprint density at radius 1 is 1.07 bits per heavy atom. The first kappa shape index (κ1) is 14.9. The summed E-state index contributed by atoms with van der Waals surface area (Å²) in [4.78, 5) is 0. The number of hydrogen-bond donors (Lipinski definition) is 3. The summed E-state index contributed by atoms with van der Waals surface area (Å²) in [6.45, 7) is 9.44. The Morgan fingerprint density at radius 3 is 1.87 bits per heavy atom. The Balaban J connectivity index is 4.27. The zero-order chi connectivity index (χ0) is 12.2. The van der Waals surface area contributed by atoms with Gasteiger partial charge < -0.3 is 15.3 Å². The van der Waals surface area contributed by atoms with Crippen molar-refractivity contribution >= 4 is 0 Å². The average Bonchev–Trinajstić information content (AvgIpc) is 2.16. The van der Waals surface area contributed by atoms with E-state index < -0.39 is 11.5 Å². The Bertz CT molecular complexity index is 178. The second-order valence-electron chi connectivity index (χ2n) is 5.62. The highest BCUT2D eigenvalue weighted by molar-refractivity contribution is 4.82. The maximum Gasteiger partial charge on any atom is 0.0639 e. The molecule has 0 aromatic heterocycles. The van der Waals surface area contributed by atoms with Crippen molar-refractivity contribution in [2.75, 3.05) is 6.61 Å². The summed E-state index contributed by atoms with van der Waals surface area (Å²) in [5.74, 6) is 0.196. The molecule has 0 saturated carbocycles. The zero-order valence-electron chi connectivity index (χ0n) is 10.6. The second kappa shape index (κ2) is 5.83. The van der Waals surface area contributed by atoms with Crippen molar-refractivity contribution in [3.05, 3.63) is 0 Å². The van der Waals surface area contributed by atoms with Gasteiger partial charge in [-0.3, -0.25) is 0 Å². The van der Waals surface area contributed by atoms with Crippen molar-refractivity contribution in [2.45, 2.75) is 53.2 Å². The standard InChI is InChI=1S/C12H26O3/c1-8(2)10(14)6-9(3)11(15)12(4,5)7-13/h8-11,13-15H,6-7H2,1-5H3. The van der Waals surface area contributed by atoms with Crippen LogP contribution < -0.4 is 0 Å². The minimum atomic E-state index is -0.587. The van der Waals surface area contributed by atoms with Crippen LogP contribution in [0.5, 0.6) is 0 Å². The number of hydrogen-bond acceptors (Lipinski definition) is 3. The summed E-state index contributed by atoms with van der Waals surface area (Å²) >= 11 is 0. The predicted molar refractivity (Wildman–Crippen MR) is 61.5 cm³/mol. The lowest BCUT2D eigenvalue weighted by atomic mass is 9.78. The van der Waals surface area contributed by atoms with E-state index in [0.717, 1.165) is 0 Å². The second-order valence-corrected chi connectivity index (χ2v) is 5.62. The molecule has 0 rings (SSSR count). The minimum absolute atomic E-state index is 0.00968. The van der Waals surface area contributed by atoms with Gasteiger partial charge in [0, 0.05) is 5.41 Å². The lowest BCUT2D eigenvalue weighted by Gasteiger charge is -2.34. The monoisotopic (exact) mass is 218 g/mol. The highest BCUT2D eigenvalue weighted by Crippen LogP contribution is 2.28. The molecule has 3 nitrogen and oxygen atoms in total. The fraction of sp³-hybridized carbons (Fsp3) is 1.00. The molecule has 0 fully saturated rings. The summed E-state index contributed by atoms with van der Waals surface area (Å²) in [7, 11) is 0. The fourth-order valence-corrected chi connectivity index (χ4v) is 1.65. The van der Waals surface area contributed by atoms with Gasteiger partial charge in [0.15, 0.2) is 0 Å². The van der Waals surface area contributed by atoms with Crippen LogP contribution in [0.25, 0.3) is 0 Å². The maximum atomic E-state index is 10.0. The number of rotatable bonds is 6. The highest BCUT2D eigenvalue weighted by Gasteiger charge is 2.32. The lowest BCUT2D eigenvalue weighted by molar-refractivity contribution is -0.0411. The Kier molecular flexibility index (Phi) is 5.78. The normalized spacial score (nSPS) is 19.0. The first-order valence-electron chi connectivity index (χ1n) is 5.69. The molecule has 3 atom stereocenters. The van der Waals surface area contributed by atoms with Gasteiger partial charge in [0.05, 0.1) is 18.8 Å². The molecule has 0 aliphatic carbocycles. The molecule has 3 heteroatoms. The van der Waals surface area contributed by atoms with Crippen LogP contribution in [0.3, 0.4) is 0 Å². The summed E-state index contributed by atoms with van der Waals surface area (Å²) in [6.07, 6.45) is -0.400. The van der Waals surface area contributed by atoms with Crippen LogP contribution in [-0.4, -0.2) is 34.1 Å². The maximum absolute atomic E-state index is 10.0. The highest BCUT2D eigenvalue weighted by atomic mass is 16.3. The zero-order valence-corrected chi connectivity index (χ0v) is 10.6. The van der Waals surface area contributed by atoms with E-state index in [1.807, 2.05) is 34.6 Å². The van der Waals surface area contributed by atoms with E-state index in [1.165, 1.54) is 0 Å². The van der Waals surface area contributed by atoms with Gasteiger partial charge in [0.2, 0.25) is 0 Å². The van der Waals surface area contributed by atoms with E-state index in [0.29, 0.717) is 6.42 Å². The third-order valence-corrected chi connectivity index (χ3v) is 3.13. The average molecular weight is 218 g/mol. The lowest BCUT2D eigenvalue weighted by Crippen LogP contribution is -2.39. The molecule has 0 bridgehead atoms. The predicted octanol–water partition coefficient (Wildman–Crippen LogP) is 1.41. The third kappa shape index (κ3) is 4.49. The van der Waals surface area contributed by atoms with Gasteiger partial charge in [-0.2, -0.15) is 0 Å². The first-order valence-corrected chi connectivity index (χ1v) is 5.69. The summed E-state index contributed by atoms with van der Waals surface area (Å²) in [5, 5.41) is 28.8. The fourth-order valence-electron chi connectivity index (χ4n) is 1.65. The quantitative estimate of drug-likeness (QED) is 0.631. The smallest absolute Gasteiger partial charge is 0.0639 e. The molecular formula is C12H26O3. The van der Waals surface area contributed by atoms with Crippen molar-refractivity contribution in [3.63, 3.8) is 0 Å². The van der Waals surface area contributed by atoms with Crippen molar-refractivity contribution in [1.29, 1.82) is 0 Å². The molecule has 0 radical (unpaired) electrons. The van der Waals surface area contributed by atoms with E-state index in [2.05, 4.69) is 0 Å². The third-order valence-electron chi connectivity index (χ3n) is 3.13. The van der Waals surface area contributed by atoms with Gasteiger partial charge in [-0.25, -0.2) is 0 Å². The van der Waals surface area contributed by atoms with Crippen molar-refractivity contribution < 1.29 is 15.3 Å². The van der Waals surface area contributed by atoms with Gasteiger partial charge in [-0.05, 0) is 18.3 Å². The van der Waals surface area contributed by atoms with Gasteiger partial charge in [0.1, 0.15) is 0 Å². The molecule has 0 amide bonds. The molecular weight excluding hydrogens is 192 g/mol. The Labute approximate surface area is 93.1 Å². The van der Waals surface area contributed by atoms with Gasteiger partial charge >= 0.3 is 0 Å². The summed E-state index contributed by atoms with van der Waals surface area (Å²) < 4.78 is 0. The topological polar surface area (TPSA) is 60.7 Å². The number of aliphatic hydroxyl groups is 3. The SMILES string of the molecule is CC(C)C(O)CC(C)C(O)C(C)(C)CO. The molecule has 0 aliphatic heterocycles. The molecule has 0 aromatic rings. The number of aliphatic hydroxyl groups excluding tert-OH is 3. The summed E-state index contributed by atoms with van der Waals surface area (Å²) in [6, 6.07) is 0. The Hall–Kier alpha value is -0.120. The van der Waals surface area contributed by atoms with Gasteiger partial charge in [0.25, 0.3) is 0 Å². The van der Waals surface area contributed by atoms with E-state index >= 15 is 0 Å². The molecule has 3 N–H and O–H groups in total. The molecule has 0 aromatic carbocycles. The molecule has 92 valence electrons. The molecule has 0 heterocycles.